The molecule has 0 bridgehead atoms. The molecule has 2 rings (SSSR count). The minimum absolute atomic E-state index is 0.0391. The van der Waals surface area contributed by atoms with Gasteiger partial charge < -0.3 is 15.7 Å². The van der Waals surface area contributed by atoms with Crippen molar-refractivity contribution in [2.45, 2.75) is 58.5 Å². The van der Waals surface area contributed by atoms with E-state index in [1.807, 2.05) is 20.0 Å². The van der Waals surface area contributed by atoms with Crippen molar-refractivity contribution < 1.29 is 9.90 Å². The van der Waals surface area contributed by atoms with Crippen LogP contribution < -0.4 is 10.6 Å². The van der Waals surface area contributed by atoms with E-state index in [1.54, 1.807) is 11.3 Å². The molecule has 1 aliphatic carbocycles. The number of carbonyl (C=O) groups is 1. The molecule has 0 aliphatic heterocycles. The number of hydrogen-bond donors (Lipinski definition) is 3. The zero-order chi connectivity index (χ0) is 15.5. The van der Waals surface area contributed by atoms with E-state index < -0.39 is 0 Å². The summed E-state index contributed by atoms with van der Waals surface area (Å²) >= 11 is 1.64. The van der Waals surface area contributed by atoms with Crippen LogP contribution in [-0.2, 0) is 6.42 Å². The Morgan fingerprint density at radius 3 is 3.05 bits per heavy atom. The number of amides is 2. The SMILES string of the molecule is CCc1cnc(C(C)NC(=O)NC2CCCC2(C)CO)s1. The molecular weight excluding hydrogens is 286 g/mol. The van der Waals surface area contributed by atoms with Gasteiger partial charge in [-0.1, -0.05) is 20.3 Å². The van der Waals surface area contributed by atoms with Crippen molar-refractivity contribution in [1.82, 2.24) is 15.6 Å². The van der Waals surface area contributed by atoms with Gasteiger partial charge in [0, 0.05) is 22.5 Å². The molecule has 6 heteroatoms. The smallest absolute Gasteiger partial charge is 0.315 e. The Hall–Kier alpha value is -1.14. The van der Waals surface area contributed by atoms with Crippen LogP contribution in [0, 0.1) is 5.41 Å². The van der Waals surface area contributed by atoms with Gasteiger partial charge in [-0.15, -0.1) is 11.3 Å². The van der Waals surface area contributed by atoms with Crippen LogP contribution >= 0.6 is 11.3 Å². The highest BCUT2D eigenvalue weighted by atomic mass is 32.1. The second-order valence-corrected chi connectivity index (χ2v) is 7.26. The van der Waals surface area contributed by atoms with Gasteiger partial charge in [0.25, 0.3) is 0 Å². The third kappa shape index (κ3) is 3.74. The Balaban J connectivity index is 1.89. The third-order valence-corrected chi connectivity index (χ3v) is 5.71. The van der Waals surface area contributed by atoms with Gasteiger partial charge in [0.1, 0.15) is 5.01 Å². The van der Waals surface area contributed by atoms with Crippen molar-refractivity contribution in [2.75, 3.05) is 6.61 Å². The van der Waals surface area contributed by atoms with Gasteiger partial charge in [-0.2, -0.15) is 0 Å². The van der Waals surface area contributed by atoms with Crippen molar-refractivity contribution >= 4 is 17.4 Å². The van der Waals surface area contributed by atoms with E-state index in [-0.39, 0.29) is 30.1 Å². The summed E-state index contributed by atoms with van der Waals surface area (Å²) < 4.78 is 0. The van der Waals surface area contributed by atoms with Gasteiger partial charge >= 0.3 is 6.03 Å². The van der Waals surface area contributed by atoms with E-state index in [0.717, 1.165) is 30.7 Å². The number of rotatable bonds is 5. The van der Waals surface area contributed by atoms with Crippen LogP contribution in [0.25, 0.3) is 0 Å². The zero-order valence-corrected chi connectivity index (χ0v) is 13.8. The quantitative estimate of drug-likeness (QED) is 0.782. The highest BCUT2D eigenvalue weighted by molar-refractivity contribution is 7.11. The maximum Gasteiger partial charge on any atom is 0.315 e. The van der Waals surface area contributed by atoms with E-state index in [0.29, 0.717) is 0 Å². The Kier molecular flexibility index (Phi) is 5.22. The molecule has 0 radical (unpaired) electrons. The number of hydrogen-bond acceptors (Lipinski definition) is 4. The van der Waals surface area contributed by atoms with Gasteiger partial charge in [-0.25, -0.2) is 9.78 Å². The summed E-state index contributed by atoms with van der Waals surface area (Å²) in [6, 6.07) is -0.239. The molecule has 21 heavy (non-hydrogen) atoms. The molecule has 0 aromatic carbocycles. The first-order valence-corrected chi connectivity index (χ1v) is 8.42. The number of aliphatic hydroxyl groups excluding tert-OH is 1. The lowest BCUT2D eigenvalue weighted by Gasteiger charge is -2.30. The van der Waals surface area contributed by atoms with Crippen LogP contribution in [0.1, 0.15) is 56.0 Å². The molecule has 1 saturated carbocycles. The summed E-state index contributed by atoms with van der Waals surface area (Å²) in [7, 11) is 0. The average Bonchev–Trinajstić information content (AvgIpc) is 3.07. The van der Waals surface area contributed by atoms with Crippen LogP contribution in [-0.4, -0.2) is 28.8 Å². The first-order chi connectivity index (χ1) is 9.98. The minimum atomic E-state index is -0.197. The largest absolute Gasteiger partial charge is 0.396 e. The van der Waals surface area contributed by atoms with Crippen LogP contribution in [0.15, 0.2) is 6.20 Å². The van der Waals surface area contributed by atoms with Gasteiger partial charge in [-0.05, 0) is 26.2 Å². The van der Waals surface area contributed by atoms with E-state index in [9.17, 15) is 9.90 Å². The first kappa shape index (κ1) is 16.2. The van der Waals surface area contributed by atoms with Crippen LogP contribution in [0.5, 0.6) is 0 Å². The zero-order valence-electron chi connectivity index (χ0n) is 13.0. The Bertz CT molecular complexity index is 491. The van der Waals surface area contributed by atoms with Crippen molar-refractivity contribution in [2.24, 2.45) is 5.41 Å². The number of nitrogens with one attached hydrogen (secondary N) is 2. The monoisotopic (exact) mass is 311 g/mol. The fourth-order valence-electron chi connectivity index (χ4n) is 2.81. The van der Waals surface area contributed by atoms with Crippen molar-refractivity contribution in [3.63, 3.8) is 0 Å². The van der Waals surface area contributed by atoms with Crippen molar-refractivity contribution in [3.05, 3.63) is 16.1 Å². The number of urea groups is 1. The first-order valence-electron chi connectivity index (χ1n) is 7.61. The maximum atomic E-state index is 12.1. The maximum absolute atomic E-state index is 12.1. The lowest BCUT2D eigenvalue weighted by atomic mass is 9.86. The number of nitrogens with zero attached hydrogens (tertiary/aromatic N) is 1. The molecule has 3 atom stereocenters. The summed E-state index contributed by atoms with van der Waals surface area (Å²) in [5.41, 5.74) is -0.197. The molecule has 1 aromatic rings. The Labute approximate surface area is 130 Å². The molecular formula is C15H25N3O2S. The van der Waals surface area contributed by atoms with Gasteiger partial charge in [0.15, 0.2) is 0 Å². The van der Waals surface area contributed by atoms with Crippen LogP contribution in [0.4, 0.5) is 4.79 Å². The fourth-order valence-corrected chi connectivity index (χ4v) is 3.67. The second kappa shape index (κ2) is 6.75. The molecule has 2 amide bonds. The molecule has 1 fully saturated rings. The van der Waals surface area contributed by atoms with Crippen LogP contribution in [0.3, 0.4) is 0 Å². The van der Waals surface area contributed by atoms with Gasteiger partial charge in [-0.3, -0.25) is 0 Å². The third-order valence-electron chi connectivity index (χ3n) is 4.39. The summed E-state index contributed by atoms with van der Waals surface area (Å²) in [4.78, 5) is 17.7. The summed E-state index contributed by atoms with van der Waals surface area (Å²) in [6.45, 7) is 6.18. The standard InChI is InChI=1S/C15H25N3O2S/c1-4-11-8-16-13(21-11)10(2)17-14(20)18-12-6-5-7-15(12,3)9-19/h8,10,12,19H,4-7,9H2,1-3H3,(H2,17,18,20). The number of aromatic nitrogens is 1. The lowest BCUT2D eigenvalue weighted by Crippen LogP contribution is -2.49. The molecule has 3 N–H and O–H groups in total. The van der Waals surface area contributed by atoms with Crippen LogP contribution in [0.2, 0.25) is 0 Å². The average molecular weight is 311 g/mol. The fraction of sp³-hybridized carbons (Fsp3) is 0.733. The van der Waals surface area contributed by atoms with E-state index in [1.165, 1.54) is 4.88 Å². The second-order valence-electron chi connectivity index (χ2n) is 6.11. The van der Waals surface area contributed by atoms with E-state index in [4.69, 9.17) is 0 Å². The number of aliphatic hydroxyl groups is 1. The molecule has 5 nitrogen and oxygen atoms in total. The molecule has 1 aliphatic rings. The summed E-state index contributed by atoms with van der Waals surface area (Å²) in [5, 5.41) is 16.4. The van der Waals surface area contributed by atoms with E-state index in [2.05, 4.69) is 22.5 Å². The number of thiazole rings is 1. The molecule has 3 unspecified atom stereocenters. The number of aryl methyl sites for hydroxylation is 1. The predicted molar refractivity (Wildman–Crippen MR) is 84.4 cm³/mol. The molecule has 0 spiro atoms. The summed E-state index contributed by atoms with van der Waals surface area (Å²) in [6.07, 6.45) is 5.76. The van der Waals surface area contributed by atoms with E-state index >= 15 is 0 Å². The van der Waals surface area contributed by atoms with Gasteiger partial charge in [0.2, 0.25) is 0 Å². The highest BCUT2D eigenvalue weighted by Gasteiger charge is 2.39. The minimum Gasteiger partial charge on any atom is -0.396 e. The Morgan fingerprint density at radius 2 is 2.43 bits per heavy atom. The molecule has 1 heterocycles. The van der Waals surface area contributed by atoms with Gasteiger partial charge in [0.05, 0.1) is 12.6 Å². The number of carbonyl (C=O) groups excluding carboxylic acids is 1. The normalized spacial score (nSPS) is 26.6. The highest BCUT2D eigenvalue weighted by Crippen LogP contribution is 2.37. The molecule has 1 aromatic heterocycles. The topological polar surface area (TPSA) is 74.2 Å². The predicted octanol–water partition coefficient (Wildman–Crippen LogP) is 2.62. The lowest BCUT2D eigenvalue weighted by molar-refractivity contribution is 0.121. The summed E-state index contributed by atoms with van der Waals surface area (Å²) in [5.74, 6) is 0. The molecule has 118 valence electrons. The Morgan fingerprint density at radius 1 is 1.67 bits per heavy atom. The molecule has 0 saturated heterocycles. The van der Waals surface area contributed by atoms with Crippen molar-refractivity contribution in [1.29, 1.82) is 0 Å². The van der Waals surface area contributed by atoms with Crippen molar-refractivity contribution in [3.8, 4) is 0 Å².